The zero-order valence-corrected chi connectivity index (χ0v) is 10.1. The highest BCUT2D eigenvalue weighted by molar-refractivity contribution is 9.10. The van der Waals surface area contributed by atoms with E-state index in [0.29, 0.717) is 5.41 Å². The Morgan fingerprint density at radius 3 is 2.53 bits per heavy atom. The molecule has 0 unspecified atom stereocenters. The van der Waals surface area contributed by atoms with E-state index in [-0.39, 0.29) is 5.82 Å². The zero-order chi connectivity index (χ0) is 10.5. The molecule has 15 heavy (non-hydrogen) atoms. The van der Waals surface area contributed by atoms with Gasteiger partial charge in [0, 0.05) is 23.0 Å². The van der Waals surface area contributed by atoms with Crippen molar-refractivity contribution in [3.63, 3.8) is 0 Å². The predicted octanol–water partition coefficient (Wildman–Crippen LogP) is 3.58. The monoisotopic (exact) mass is 269 g/mol. The lowest BCUT2D eigenvalue weighted by molar-refractivity contribution is 0.0897. The van der Waals surface area contributed by atoms with Crippen molar-refractivity contribution in [2.75, 3.05) is 18.0 Å². The molecule has 0 amide bonds. The molecule has 1 aliphatic heterocycles. The number of hydrogen-bond donors (Lipinski definition) is 0. The van der Waals surface area contributed by atoms with Crippen molar-refractivity contribution < 1.29 is 4.39 Å². The van der Waals surface area contributed by atoms with Crippen molar-refractivity contribution >= 4 is 21.6 Å². The lowest BCUT2D eigenvalue weighted by Gasteiger charge is -2.57. The van der Waals surface area contributed by atoms with Gasteiger partial charge in [-0.2, -0.15) is 0 Å². The SMILES string of the molecule is Fc1cc(Br)ccc1N1CC2(CCC2)C1. The maximum atomic E-state index is 13.6. The van der Waals surface area contributed by atoms with Crippen LogP contribution in [0.1, 0.15) is 19.3 Å². The van der Waals surface area contributed by atoms with E-state index in [0.717, 1.165) is 23.2 Å². The first-order valence-electron chi connectivity index (χ1n) is 5.39. The molecule has 1 heterocycles. The molecule has 1 aliphatic carbocycles. The number of halogens is 2. The largest absolute Gasteiger partial charge is 0.368 e. The lowest BCUT2D eigenvalue weighted by atomic mass is 9.63. The van der Waals surface area contributed by atoms with Crippen molar-refractivity contribution in [2.24, 2.45) is 5.41 Å². The maximum absolute atomic E-state index is 13.6. The van der Waals surface area contributed by atoms with Gasteiger partial charge in [-0.05, 0) is 31.0 Å². The number of nitrogens with zero attached hydrogens (tertiary/aromatic N) is 1. The molecule has 1 spiro atoms. The van der Waals surface area contributed by atoms with Crippen LogP contribution >= 0.6 is 15.9 Å². The van der Waals surface area contributed by atoms with Gasteiger partial charge in [-0.1, -0.05) is 22.4 Å². The molecule has 1 saturated heterocycles. The summed E-state index contributed by atoms with van der Waals surface area (Å²) in [6.07, 6.45) is 4.03. The van der Waals surface area contributed by atoms with Gasteiger partial charge in [-0.25, -0.2) is 4.39 Å². The second-order valence-electron chi connectivity index (χ2n) is 4.81. The molecule has 0 aromatic heterocycles. The number of anilines is 1. The van der Waals surface area contributed by atoms with Gasteiger partial charge in [-0.3, -0.25) is 0 Å². The average Bonchev–Trinajstić information content (AvgIpc) is 2.03. The van der Waals surface area contributed by atoms with E-state index in [1.807, 2.05) is 12.1 Å². The molecule has 1 saturated carbocycles. The van der Waals surface area contributed by atoms with Crippen molar-refractivity contribution in [2.45, 2.75) is 19.3 Å². The predicted molar refractivity (Wildman–Crippen MR) is 62.6 cm³/mol. The molecule has 0 bridgehead atoms. The molecule has 2 aliphatic rings. The number of benzene rings is 1. The summed E-state index contributed by atoms with van der Waals surface area (Å²) in [5.74, 6) is -0.112. The van der Waals surface area contributed by atoms with E-state index in [4.69, 9.17) is 0 Å². The van der Waals surface area contributed by atoms with Gasteiger partial charge in [-0.15, -0.1) is 0 Å². The first kappa shape index (κ1) is 9.64. The molecule has 0 atom stereocenters. The second-order valence-corrected chi connectivity index (χ2v) is 5.72. The summed E-state index contributed by atoms with van der Waals surface area (Å²) in [6.45, 7) is 2.09. The highest BCUT2D eigenvalue weighted by atomic mass is 79.9. The minimum absolute atomic E-state index is 0.112. The average molecular weight is 270 g/mol. The van der Waals surface area contributed by atoms with Crippen LogP contribution in [0.4, 0.5) is 10.1 Å². The van der Waals surface area contributed by atoms with E-state index < -0.39 is 0 Å². The third kappa shape index (κ3) is 1.48. The molecule has 1 nitrogen and oxygen atoms in total. The lowest BCUT2D eigenvalue weighted by Crippen LogP contribution is -2.60. The molecule has 0 radical (unpaired) electrons. The fourth-order valence-electron chi connectivity index (χ4n) is 2.66. The van der Waals surface area contributed by atoms with Crippen LogP contribution in [0.2, 0.25) is 0 Å². The maximum Gasteiger partial charge on any atom is 0.147 e. The van der Waals surface area contributed by atoms with Crippen LogP contribution in [-0.4, -0.2) is 13.1 Å². The Bertz CT molecular complexity index is 393. The van der Waals surface area contributed by atoms with Crippen molar-refractivity contribution in [3.8, 4) is 0 Å². The molecule has 0 N–H and O–H groups in total. The molecule has 1 aromatic rings. The van der Waals surface area contributed by atoms with Gasteiger partial charge in [0.1, 0.15) is 5.82 Å². The van der Waals surface area contributed by atoms with Crippen LogP contribution in [0, 0.1) is 11.2 Å². The summed E-state index contributed by atoms with van der Waals surface area (Å²) in [6, 6.07) is 5.32. The van der Waals surface area contributed by atoms with Gasteiger partial charge in [0.25, 0.3) is 0 Å². The van der Waals surface area contributed by atoms with Crippen LogP contribution in [0.3, 0.4) is 0 Å². The normalized spacial score (nSPS) is 22.4. The Balaban J connectivity index is 1.77. The van der Waals surface area contributed by atoms with Crippen LogP contribution in [0.15, 0.2) is 22.7 Å². The highest BCUT2D eigenvalue weighted by Gasteiger charge is 2.47. The fraction of sp³-hybridized carbons (Fsp3) is 0.500. The third-order valence-corrected chi connectivity index (χ3v) is 4.21. The fourth-order valence-corrected chi connectivity index (χ4v) is 3.00. The Kier molecular flexibility index (Phi) is 2.06. The third-order valence-electron chi connectivity index (χ3n) is 3.72. The van der Waals surface area contributed by atoms with Crippen LogP contribution in [0.5, 0.6) is 0 Å². The van der Waals surface area contributed by atoms with E-state index in [2.05, 4.69) is 20.8 Å². The minimum atomic E-state index is -0.112. The van der Waals surface area contributed by atoms with Crippen molar-refractivity contribution in [3.05, 3.63) is 28.5 Å². The van der Waals surface area contributed by atoms with E-state index in [1.54, 1.807) is 6.07 Å². The molecule has 3 heteroatoms. The standard InChI is InChI=1S/C12H13BrFN/c13-9-2-3-11(10(14)6-9)15-7-12(8-15)4-1-5-12/h2-3,6H,1,4-5,7-8H2. The minimum Gasteiger partial charge on any atom is -0.368 e. The van der Waals surface area contributed by atoms with E-state index in [9.17, 15) is 4.39 Å². The first-order chi connectivity index (χ1) is 7.19. The van der Waals surface area contributed by atoms with Crippen molar-refractivity contribution in [1.82, 2.24) is 0 Å². The van der Waals surface area contributed by atoms with Crippen LogP contribution in [0.25, 0.3) is 0 Å². The smallest absolute Gasteiger partial charge is 0.147 e. The Morgan fingerprint density at radius 1 is 1.27 bits per heavy atom. The van der Waals surface area contributed by atoms with E-state index >= 15 is 0 Å². The summed E-state index contributed by atoms with van der Waals surface area (Å²) in [7, 11) is 0. The Labute approximate surface area is 97.4 Å². The molecular formula is C12H13BrFN. The molecule has 1 aromatic carbocycles. The zero-order valence-electron chi connectivity index (χ0n) is 8.47. The summed E-state index contributed by atoms with van der Waals surface area (Å²) >= 11 is 3.27. The van der Waals surface area contributed by atoms with Gasteiger partial charge < -0.3 is 4.90 Å². The summed E-state index contributed by atoms with van der Waals surface area (Å²) in [5, 5.41) is 0. The first-order valence-corrected chi connectivity index (χ1v) is 6.18. The van der Waals surface area contributed by atoms with Crippen LogP contribution in [-0.2, 0) is 0 Å². The van der Waals surface area contributed by atoms with Gasteiger partial charge >= 0.3 is 0 Å². The van der Waals surface area contributed by atoms with Crippen molar-refractivity contribution in [1.29, 1.82) is 0 Å². The molecule has 80 valence electrons. The molecule has 2 fully saturated rings. The number of hydrogen-bond acceptors (Lipinski definition) is 1. The Morgan fingerprint density at radius 2 is 2.00 bits per heavy atom. The topological polar surface area (TPSA) is 3.24 Å². The quantitative estimate of drug-likeness (QED) is 0.754. The highest BCUT2D eigenvalue weighted by Crippen LogP contribution is 2.49. The van der Waals surface area contributed by atoms with E-state index in [1.165, 1.54) is 19.3 Å². The van der Waals surface area contributed by atoms with Gasteiger partial charge in [0.15, 0.2) is 0 Å². The Hall–Kier alpha value is -0.570. The molecular weight excluding hydrogens is 257 g/mol. The summed E-state index contributed by atoms with van der Waals surface area (Å²) < 4.78 is 14.4. The number of rotatable bonds is 1. The van der Waals surface area contributed by atoms with Gasteiger partial charge in [0.05, 0.1) is 5.69 Å². The van der Waals surface area contributed by atoms with Crippen LogP contribution < -0.4 is 4.90 Å². The molecule has 3 rings (SSSR count). The summed E-state index contributed by atoms with van der Waals surface area (Å²) in [4.78, 5) is 2.15. The van der Waals surface area contributed by atoms with Gasteiger partial charge in [0.2, 0.25) is 0 Å². The second kappa shape index (κ2) is 3.21. The summed E-state index contributed by atoms with van der Waals surface area (Å²) in [5.41, 5.74) is 1.32.